The molecule has 2 heterocycles. The van der Waals surface area contributed by atoms with Crippen LogP contribution in [0.2, 0.25) is 0 Å². The van der Waals surface area contributed by atoms with Crippen molar-refractivity contribution in [1.82, 2.24) is 14.8 Å². The van der Waals surface area contributed by atoms with E-state index in [2.05, 4.69) is 4.98 Å². The number of hydrogen-bond donors (Lipinski definition) is 1. The van der Waals surface area contributed by atoms with Gasteiger partial charge in [-0.15, -0.1) is 0 Å². The summed E-state index contributed by atoms with van der Waals surface area (Å²) in [5.74, 6) is -0.385. The van der Waals surface area contributed by atoms with E-state index in [9.17, 15) is 14.7 Å². The maximum Gasteiger partial charge on any atom is 0.253 e. The molecule has 1 aliphatic rings. The van der Waals surface area contributed by atoms with Crippen LogP contribution in [0.5, 0.6) is 0 Å². The summed E-state index contributed by atoms with van der Waals surface area (Å²) in [4.78, 5) is 32.5. The molecule has 7 heteroatoms. The van der Waals surface area contributed by atoms with Gasteiger partial charge >= 0.3 is 0 Å². The number of amides is 2. The van der Waals surface area contributed by atoms with Crippen molar-refractivity contribution in [1.29, 1.82) is 0 Å². The van der Waals surface area contributed by atoms with Crippen molar-refractivity contribution in [3.8, 4) is 0 Å². The molecular formula is C21H25N3O4. The van der Waals surface area contributed by atoms with Gasteiger partial charge in [-0.3, -0.25) is 14.6 Å². The molecule has 0 aliphatic carbocycles. The van der Waals surface area contributed by atoms with Crippen LogP contribution < -0.4 is 0 Å². The van der Waals surface area contributed by atoms with Crippen molar-refractivity contribution in [2.75, 3.05) is 33.9 Å². The van der Waals surface area contributed by atoms with Gasteiger partial charge in [0.1, 0.15) is 6.61 Å². The first-order valence-electron chi connectivity index (χ1n) is 9.19. The van der Waals surface area contributed by atoms with Crippen LogP contribution in [-0.4, -0.2) is 77.7 Å². The van der Waals surface area contributed by atoms with E-state index in [1.807, 2.05) is 30.3 Å². The van der Waals surface area contributed by atoms with Gasteiger partial charge in [-0.25, -0.2) is 0 Å². The number of pyridine rings is 1. The number of aliphatic hydroxyl groups excluding tert-OH is 1. The summed E-state index contributed by atoms with van der Waals surface area (Å²) < 4.78 is 5.00. The van der Waals surface area contributed by atoms with Gasteiger partial charge in [-0.2, -0.15) is 0 Å². The molecule has 0 bridgehead atoms. The molecule has 1 saturated heterocycles. The largest absolute Gasteiger partial charge is 0.394 e. The summed E-state index contributed by atoms with van der Waals surface area (Å²) in [7, 11) is 3.18. The maximum absolute atomic E-state index is 12.7. The lowest BCUT2D eigenvalue weighted by atomic mass is 9.74. The van der Waals surface area contributed by atoms with Gasteiger partial charge in [-0.05, 0) is 17.7 Å². The molecule has 28 heavy (non-hydrogen) atoms. The molecule has 1 aromatic heterocycles. The average molecular weight is 383 g/mol. The van der Waals surface area contributed by atoms with Gasteiger partial charge in [0.25, 0.3) is 5.91 Å². The summed E-state index contributed by atoms with van der Waals surface area (Å²) >= 11 is 0. The lowest BCUT2D eigenvalue weighted by Crippen LogP contribution is -2.69. The molecule has 148 valence electrons. The Bertz CT molecular complexity index is 800. The highest BCUT2D eigenvalue weighted by molar-refractivity contribution is 5.94. The molecule has 3 rings (SSSR count). The van der Waals surface area contributed by atoms with E-state index < -0.39 is 0 Å². The zero-order valence-electron chi connectivity index (χ0n) is 16.1. The fraction of sp³-hybridized carbons (Fsp3) is 0.381. The maximum atomic E-state index is 12.7. The van der Waals surface area contributed by atoms with Gasteiger partial charge in [0.15, 0.2) is 0 Å². The van der Waals surface area contributed by atoms with E-state index in [0.29, 0.717) is 12.1 Å². The van der Waals surface area contributed by atoms with Crippen LogP contribution in [0.25, 0.3) is 0 Å². The Hall–Kier alpha value is -2.77. The normalized spacial score (nSPS) is 21.1. The van der Waals surface area contributed by atoms with E-state index in [0.717, 1.165) is 5.56 Å². The Balaban J connectivity index is 1.84. The number of aliphatic hydroxyl groups is 1. The van der Waals surface area contributed by atoms with Crippen LogP contribution in [-0.2, 0) is 9.53 Å². The number of ether oxygens (including phenoxy) is 1. The number of benzene rings is 1. The zero-order valence-corrected chi connectivity index (χ0v) is 16.1. The van der Waals surface area contributed by atoms with Crippen molar-refractivity contribution < 1.29 is 19.4 Å². The molecule has 1 fully saturated rings. The van der Waals surface area contributed by atoms with Gasteiger partial charge in [0.05, 0.1) is 18.7 Å². The second-order valence-corrected chi connectivity index (χ2v) is 6.91. The minimum atomic E-state index is -0.334. The highest BCUT2D eigenvalue weighted by Gasteiger charge is 2.51. The van der Waals surface area contributed by atoms with Crippen LogP contribution >= 0.6 is 0 Å². The topological polar surface area (TPSA) is 83.0 Å². The number of methoxy groups -OCH3 is 1. The van der Waals surface area contributed by atoms with Crippen molar-refractivity contribution in [3.63, 3.8) is 0 Å². The van der Waals surface area contributed by atoms with Crippen molar-refractivity contribution >= 4 is 11.8 Å². The molecule has 3 atom stereocenters. The van der Waals surface area contributed by atoms with Gasteiger partial charge in [0, 0.05) is 44.6 Å². The molecule has 2 amide bonds. The standard InChI is InChI=1S/C21H25N3O4/c1-23(21(27)16-8-10-22-11-9-16)12-17-20(15-6-4-3-5-7-15)18(13-25)24(17)19(26)14-28-2/h3-11,17-18,20,25H,12-14H2,1-2H3/t17-,18+,20-/m0/s1. The predicted octanol–water partition coefficient (Wildman–Crippen LogP) is 1.16. The van der Waals surface area contributed by atoms with E-state index in [1.54, 1.807) is 41.4 Å². The number of nitrogens with zero attached hydrogens (tertiary/aromatic N) is 3. The monoisotopic (exact) mass is 383 g/mol. The third kappa shape index (κ3) is 3.90. The first-order chi connectivity index (χ1) is 13.6. The molecule has 1 N–H and O–H groups in total. The number of carbonyl (C=O) groups excluding carboxylic acids is 2. The molecule has 2 aromatic rings. The lowest BCUT2D eigenvalue weighted by Gasteiger charge is -2.55. The van der Waals surface area contributed by atoms with Crippen molar-refractivity contribution in [2.45, 2.75) is 18.0 Å². The van der Waals surface area contributed by atoms with Gasteiger partial charge in [0.2, 0.25) is 5.91 Å². The highest BCUT2D eigenvalue weighted by Crippen LogP contribution is 2.41. The lowest BCUT2D eigenvalue weighted by molar-refractivity contribution is -0.155. The van der Waals surface area contributed by atoms with Crippen molar-refractivity contribution in [3.05, 3.63) is 66.0 Å². The predicted molar refractivity (Wildman–Crippen MR) is 104 cm³/mol. The van der Waals surface area contributed by atoms with Gasteiger partial charge < -0.3 is 19.6 Å². The van der Waals surface area contributed by atoms with Crippen LogP contribution in [0, 0.1) is 0 Å². The number of hydrogen-bond acceptors (Lipinski definition) is 5. The summed E-state index contributed by atoms with van der Waals surface area (Å²) in [5.41, 5.74) is 1.58. The Labute approximate surface area is 164 Å². The fourth-order valence-corrected chi connectivity index (χ4v) is 3.92. The molecule has 0 saturated carbocycles. The number of likely N-dealkylation sites (N-methyl/N-ethyl adjacent to an activating group) is 1. The van der Waals surface area contributed by atoms with E-state index >= 15 is 0 Å². The molecule has 1 aromatic carbocycles. The Morgan fingerprint density at radius 1 is 1.14 bits per heavy atom. The first-order valence-corrected chi connectivity index (χ1v) is 9.19. The third-order valence-corrected chi connectivity index (χ3v) is 5.21. The zero-order chi connectivity index (χ0) is 20.1. The third-order valence-electron chi connectivity index (χ3n) is 5.21. The molecular weight excluding hydrogens is 358 g/mol. The van der Waals surface area contributed by atoms with Crippen LogP contribution in [0.3, 0.4) is 0 Å². The van der Waals surface area contributed by atoms with E-state index in [4.69, 9.17) is 4.74 Å². The quantitative estimate of drug-likeness (QED) is 0.776. The molecule has 0 radical (unpaired) electrons. The SMILES string of the molecule is COCC(=O)N1[C@H](CO)[C@@H](c2ccccc2)[C@@H]1CN(C)C(=O)c1ccncc1. The highest BCUT2D eigenvalue weighted by atomic mass is 16.5. The van der Waals surface area contributed by atoms with E-state index in [-0.39, 0.29) is 43.0 Å². The van der Waals surface area contributed by atoms with E-state index in [1.165, 1.54) is 7.11 Å². The summed E-state index contributed by atoms with van der Waals surface area (Å²) in [6, 6.07) is 12.5. The van der Waals surface area contributed by atoms with Gasteiger partial charge in [-0.1, -0.05) is 30.3 Å². The molecule has 0 unspecified atom stereocenters. The van der Waals surface area contributed by atoms with Crippen LogP contribution in [0.1, 0.15) is 21.8 Å². The summed E-state index contributed by atoms with van der Waals surface area (Å²) in [6.07, 6.45) is 3.15. The average Bonchev–Trinajstić information content (AvgIpc) is 2.71. The first kappa shape index (κ1) is 20.0. The van der Waals surface area contributed by atoms with Crippen LogP contribution in [0.4, 0.5) is 0 Å². The fourth-order valence-electron chi connectivity index (χ4n) is 3.92. The summed E-state index contributed by atoms with van der Waals surface area (Å²) in [5, 5.41) is 9.92. The van der Waals surface area contributed by atoms with Crippen LogP contribution in [0.15, 0.2) is 54.9 Å². The molecule has 0 spiro atoms. The Morgan fingerprint density at radius 2 is 1.82 bits per heavy atom. The second-order valence-electron chi connectivity index (χ2n) is 6.91. The number of carbonyl (C=O) groups is 2. The number of likely N-dealkylation sites (tertiary alicyclic amines) is 1. The molecule has 1 aliphatic heterocycles. The number of aromatic nitrogens is 1. The second kappa shape index (κ2) is 8.95. The smallest absolute Gasteiger partial charge is 0.253 e. The minimum absolute atomic E-state index is 0.0558. The summed E-state index contributed by atoms with van der Waals surface area (Å²) in [6.45, 7) is 0.150. The minimum Gasteiger partial charge on any atom is -0.394 e. The Kier molecular flexibility index (Phi) is 6.38. The Morgan fingerprint density at radius 3 is 2.43 bits per heavy atom. The van der Waals surface area contributed by atoms with Crippen molar-refractivity contribution in [2.24, 2.45) is 0 Å². The molecule has 7 nitrogen and oxygen atoms in total. The number of rotatable bonds is 7.